The van der Waals surface area contributed by atoms with E-state index in [9.17, 15) is 4.39 Å². The first kappa shape index (κ1) is 15.0. The Morgan fingerprint density at radius 1 is 1.29 bits per heavy atom. The highest BCUT2D eigenvalue weighted by atomic mass is 19.1. The molecule has 2 aromatic rings. The molecule has 112 valence electrons. The van der Waals surface area contributed by atoms with Gasteiger partial charge in [-0.05, 0) is 19.1 Å². The zero-order valence-corrected chi connectivity index (χ0v) is 11.9. The summed E-state index contributed by atoms with van der Waals surface area (Å²) in [5.41, 5.74) is 6.37. The van der Waals surface area contributed by atoms with Gasteiger partial charge in [0.05, 0.1) is 7.11 Å². The average molecular weight is 292 g/mol. The Hall–Kier alpha value is -2.41. The van der Waals surface area contributed by atoms with Gasteiger partial charge in [0, 0.05) is 24.4 Å². The van der Waals surface area contributed by atoms with Crippen molar-refractivity contribution >= 4 is 17.3 Å². The van der Waals surface area contributed by atoms with Crippen LogP contribution in [0.3, 0.4) is 0 Å². The lowest BCUT2D eigenvalue weighted by molar-refractivity contribution is 0.128. The van der Waals surface area contributed by atoms with Gasteiger partial charge in [0.15, 0.2) is 17.4 Å². The third-order valence-electron chi connectivity index (χ3n) is 2.65. The van der Waals surface area contributed by atoms with Crippen LogP contribution in [0.4, 0.5) is 21.7 Å². The van der Waals surface area contributed by atoms with E-state index in [4.69, 9.17) is 15.2 Å². The molecular formula is C14H17FN4O2. The van der Waals surface area contributed by atoms with Crippen molar-refractivity contribution in [3.8, 4) is 5.75 Å². The van der Waals surface area contributed by atoms with Crippen LogP contribution in [0.2, 0.25) is 0 Å². The lowest BCUT2D eigenvalue weighted by Gasteiger charge is -2.10. The van der Waals surface area contributed by atoms with Crippen LogP contribution in [-0.4, -0.2) is 23.7 Å². The van der Waals surface area contributed by atoms with Crippen LogP contribution in [0.1, 0.15) is 12.7 Å². The second-order valence-electron chi connectivity index (χ2n) is 4.21. The van der Waals surface area contributed by atoms with Crippen molar-refractivity contribution in [2.45, 2.75) is 13.5 Å². The van der Waals surface area contributed by atoms with Crippen molar-refractivity contribution in [3.05, 3.63) is 35.9 Å². The first-order valence-electron chi connectivity index (χ1n) is 6.44. The number of rotatable bonds is 6. The largest absolute Gasteiger partial charge is 0.494 e. The number of aromatic nitrogens is 2. The van der Waals surface area contributed by atoms with Crippen LogP contribution in [0.15, 0.2) is 24.3 Å². The van der Waals surface area contributed by atoms with Gasteiger partial charge in [-0.1, -0.05) is 0 Å². The molecule has 0 aliphatic rings. The molecule has 0 radical (unpaired) electrons. The molecule has 0 saturated carbocycles. The Labute approximate surface area is 122 Å². The predicted octanol–water partition coefficient (Wildman–Crippen LogP) is 2.49. The summed E-state index contributed by atoms with van der Waals surface area (Å²) in [7, 11) is 1.41. The number of nitrogens with two attached hydrogens (primary N) is 1. The van der Waals surface area contributed by atoms with Crippen LogP contribution in [0, 0.1) is 5.82 Å². The van der Waals surface area contributed by atoms with Gasteiger partial charge in [0.2, 0.25) is 0 Å². The van der Waals surface area contributed by atoms with E-state index in [1.165, 1.54) is 19.2 Å². The summed E-state index contributed by atoms with van der Waals surface area (Å²) < 4.78 is 23.5. The van der Waals surface area contributed by atoms with Crippen LogP contribution >= 0.6 is 0 Å². The number of methoxy groups -OCH3 is 1. The van der Waals surface area contributed by atoms with E-state index in [0.29, 0.717) is 29.8 Å². The Morgan fingerprint density at radius 2 is 2.10 bits per heavy atom. The summed E-state index contributed by atoms with van der Waals surface area (Å²) in [4.78, 5) is 8.36. The fraction of sp³-hybridized carbons (Fsp3) is 0.286. The first-order chi connectivity index (χ1) is 10.1. The number of anilines is 3. The van der Waals surface area contributed by atoms with Crippen molar-refractivity contribution < 1.29 is 13.9 Å². The summed E-state index contributed by atoms with van der Waals surface area (Å²) in [5.74, 6) is 1.04. The summed E-state index contributed by atoms with van der Waals surface area (Å²) in [5, 5.41) is 3.03. The number of benzene rings is 1. The van der Waals surface area contributed by atoms with Gasteiger partial charge in [0.1, 0.15) is 18.2 Å². The molecule has 0 fully saturated rings. The topological polar surface area (TPSA) is 82.3 Å². The molecule has 0 aliphatic carbocycles. The van der Waals surface area contributed by atoms with E-state index >= 15 is 0 Å². The second kappa shape index (κ2) is 6.85. The quantitative estimate of drug-likeness (QED) is 0.851. The molecule has 21 heavy (non-hydrogen) atoms. The van der Waals surface area contributed by atoms with E-state index in [1.54, 1.807) is 12.1 Å². The van der Waals surface area contributed by atoms with Crippen molar-refractivity contribution in [3.63, 3.8) is 0 Å². The van der Waals surface area contributed by atoms with E-state index in [2.05, 4.69) is 15.3 Å². The summed E-state index contributed by atoms with van der Waals surface area (Å²) in [6.45, 7) is 2.73. The Bertz CT molecular complexity index is 622. The monoisotopic (exact) mass is 292 g/mol. The Balaban J connectivity index is 2.20. The molecule has 6 nitrogen and oxygen atoms in total. The van der Waals surface area contributed by atoms with Crippen molar-refractivity contribution in [1.29, 1.82) is 0 Å². The second-order valence-corrected chi connectivity index (χ2v) is 4.21. The van der Waals surface area contributed by atoms with Gasteiger partial charge < -0.3 is 20.5 Å². The van der Waals surface area contributed by atoms with Gasteiger partial charge in [-0.3, -0.25) is 0 Å². The molecule has 0 spiro atoms. The molecule has 2 rings (SSSR count). The smallest absolute Gasteiger partial charge is 0.165 e. The highest BCUT2D eigenvalue weighted by molar-refractivity contribution is 5.60. The standard InChI is InChI=1S/C14H17FN4O2/c1-3-21-8-14-18-12(16)7-13(19-14)17-9-4-5-10(15)11(6-9)20-2/h4-7H,3,8H2,1-2H3,(H3,16,17,18,19). The van der Waals surface area contributed by atoms with Crippen molar-refractivity contribution in [2.24, 2.45) is 0 Å². The van der Waals surface area contributed by atoms with Crippen molar-refractivity contribution in [1.82, 2.24) is 9.97 Å². The zero-order chi connectivity index (χ0) is 15.2. The minimum Gasteiger partial charge on any atom is -0.494 e. The third kappa shape index (κ3) is 4.03. The Kier molecular flexibility index (Phi) is 4.89. The maximum absolute atomic E-state index is 13.4. The van der Waals surface area contributed by atoms with Gasteiger partial charge in [-0.2, -0.15) is 0 Å². The molecule has 0 bridgehead atoms. The number of nitrogens with zero attached hydrogens (tertiary/aromatic N) is 2. The number of ether oxygens (including phenoxy) is 2. The molecule has 0 aliphatic heterocycles. The van der Waals surface area contributed by atoms with E-state index in [1.807, 2.05) is 6.92 Å². The van der Waals surface area contributed by atoms with Crippen LogP contribution in [0.25, 0.3) is 0 Å². The van der Waals surface area contributed by atoms with Crippen molar-refractivity contribution in [2.75, 3.05) is 24.8 Å². The van der Waals surface area contributed by atoms with Gasteiger partial charge in [0.25, 0.3) is 0 Å². The molecule has 1 aromatic heterocycles. The van der Waals surface area contributed by atoms with Gasteiger partial charge in [-0.15, -0.1) is 0 Å². The van der Waals surface area contributed by atoms with Gasteiger partial charge >= 0.3 is 0 Å². The highest BCUT2D eigenvalue weighted by Gasteiger charge is 2.06. The van der Waals surface area contributed by atoms with Crippen LogP contribution in [-0.2, 0) is 11.3 Å². The van der Waals surface area contributed by atoms with E-state index in [0.717, 1.165) is 0 Å². The number of hydrogen-bond acceptors (Lipinski definition) is 6. The molecule has 1 aromatic carbocycles. The van der Waals surface area contributed by atoms with Crippen LogP contribution in [0.5, 0.6) is 5.75 Å². The number of halogens is 1. The first-order valence-corrected chi connectivity index (χ1v) is 6.44. The molecule has 0 amide bonds. The molecule has 0 atom stereocenters. The SMILES string of the molecule is CCOCc1nc(N)cc(Nc2ccc(F)c(OC)c2)n1. The molecule has 1 heterocycles. The van der Waals surface area contributed by atoms with Gasteiger partial charge in [-0.25, -0.2) is 14.4 Å². The fourth-order valence-corrected chi connectivity index (χ4v) is 1.73. The maximum Gasteiger partial charge on any atom is 0.165 e. The van der Waals surface area contributed by atoms with E-state index in [-0.39, 0.29) is 12.4 Å². The maximum atomic E-state index is 13.4. The highest BCUT2D eigenvalue weighted by Crippen LogP contribution is 2.24. The van der Waals surface area contributed by atoms with E-state index < -0.39 is 5.82 Å². The predicted molar refractivity (Wildman–Crippen MR) is 78.0 cm³/mol. The lowest BCUT2D eigenvalue weighted by Crippen LogP contribution is -2.05. The molecule has 7 heteroatoms. The average Bonchev–Trinajstić information content (AvgIpc) is 2.46. The molecule has 0 saturated heterocycles. The summed E-state index contributed by atoms with van der Waals surface area (Å²) >= 11 is 0. The fourth-order valence-electron chi connectivity index (χ4n) is 1.73. The number of nitrogen functional groups attached to an aromatic ring is 1. The minimum atomic E-state index is -0.428. The molecule has 0 unspecified atom stereocenters. The molecule has 3 N–H and O–H groups in total. The number of nitrogens with one attached hydrogen (secondary N) is 1. The number of hydrogen-bond donors (Lipinski definition) is 2. The normalized spacial score (nSPS) is 10.4. The van der Waals surface area contributed by atoms with Crippen LogP contribution < -0.4 is 15.8 Å². The molecular weight excluding hydrogens is 275 g/mol. The third-order valence-corrected chi connectivity index (χ3v) is 2.65. The zero-order valence-electron chi connectivity index (χ0n) is 11.9. The summed E-state index contributed by atoms with van der Waals surface area (Å²) in [6, 6.07) is 6.02. The minimum absolute atomic E-state index is 0.150. The lowest BCUT2D eigenvalue weighted by atomic mass is 10.3. The summed E-state index contributed by atoms with van der Waals surface area (Å²) in [6.07, 6.45) is 0. The Morgan fingerprint density at radius 3 is 2.81 bits per heavy atom.